The van der Waals surface area contributed by atoms with E-state index in [-0.39, 0.29) is 0 Å². The molecular formula is C9H16. The Bertz CT molecular complexity index is 122. The molecule has 0 aromatic heterocycles. The van der Waals surface area contributed by atoms with Crippen LogP contribution in [0.15, 0.2) is 12.2 Å². The highest BCUT2D eigenvalue weighted by atomic mass is 14.4. The quantitative estimate of drug-likeness (QED) is 0.471. The van der Waals surface area contributed by atoms with E-state index in [9.17, 15) is 0 Å². The summed E-state index contributed by atoms with van der Waals surface area (Å²) < 4.78 is 0. The molecule has 1 aliphatic rings. The third-order valence-electron chi connectivity index (χ3n) is 2.64. The van der Waals surface area contributed by atoms with Gasteiger partial charge in [-0.2, -0.15) is 0 Å². The number of rotatable bonds is 1. The fourth-order valence-electron chi connectivity index (χ4n) is 1.62. The molecule has 0 saturated heterocycles. The van der Waals surface area contributed by atoms with Gasteiger partial charge in [-0.05, 0) is 24.2 Å². The van der Waals surface area contributed by atoms with Crippen LogP contribution in [0.3, 0.4) is 0 Å². The first kappa shape index (κ1) is 6.85. The van der Waals surface area contributed by atoms with Crippen molar-refractivity contribution in [2.75, 3.05) is 0 Å². The molecule has 0 radical (unpaired) electrons. The zero-order chi connectivity index (χ0) is 7.02. The Kier molecular flexibility index (Phi) is 1.65. The van der Waals surface area contributed by atoms with E-state index in [4.69, 9.17) is 0 Å². The van der Waals surface area contributed by atoms with Crippen LogP contribution in [0, 0.1) is 17.8 Å². The van der Waals surface area contributed by atoms with Gasteiger partial charge in [-0.3, -0.25) is 0 Å². The summed E-state index contributed by atoms with van der Waals surface area (Å²) in [5.41, 5.74) is 1.45. The van der Waals surface area contributed by atoms with Gasteiger partial charge in [0.05, 0.1) is 0 Å². The number of hydrogen-bond acceptors (Lipinski definition) is 0. The molecule has 0 nitrogen and oxygen atoms in total. The Balaban J connectivity index is 2.42. The van der Waals surface area contributed by atoms with Crippen LogP contribution in [0.4, 0.5) is 0 Å². The first-order chi connectivity index (χ1) is 4.13. The lowest BCUT2D eigenvalue weighted by atomic mass is 9.66. The largest absolute Gasteiger partial charge is 0.0996 e. The molecule has 2 unspecified atom stereocenters. The molecule has 0 amide bonds. The van der Waals surface area contributed by atoms with E-state index in [2.05, 4.69) is 27.4 Å². The summed E-state index contributed by atoms with van der Waals surface area (Å²) in [4.78, 5) is 0. The molecule has 9 heavy (non-hydrogen) atoms. The van der Waals surface area contributed by atoms with Crippen molar-refractivity contribution in [3.63, 3.8) is 0 Å². The molecule has 0 aromatic carbocycles. The molecule has 2 atom stereocenters. The number of allylic oxidation sites excluding steroid dienone is 1. The Hall–Kier alpha value is -0.260. The van der Waals surface area contributed by atoms with Crippen molar-refractivity contribution in [2.45, 2.75) is 27.2 Å². The summed E-state index contributed by atoms with van der Waals surface area (Å²) in [5.74, 6) is 2.58. The van der Waals surface area contributed by atoms with Gasteiger partial charge in [0, 0.05) is 0 Å². The normalized spacial score (nSPS) is 34.9. The molecule has 0 bridgehead atoms. The zero-order valence-electron chi connectivity index (χ0n) is 6.65. The third-order valence-corrected chi connectivity index (χ3v) is 2.64. The van der Waals surface area contributed by atoms with Gasteiger partial charge in [0.2, 0.25) is 0 Å². The molecule has 0 spiro atoms. The van der Waals surface area contributed by atoms with E-state index in [0.29, 0.717) is 0 Å². The predicted molar refractivity (Wildman–Crippen MR) is 41.2 cm³/mol. The second kappa shape index (κ2) is 2.17. The highest BCUT2D eigenvalue weighted by molar-refractivity contribution is 5.13. The summed E-state index contributed by atoms with van der Waals surface area (Å²) >= 11 is 0. The number of hydrogen-bond donors (Lipinski definition) is 0. The minimum absolute atomic E-state index is 0.796. The third kappa shape index (κ3) is 1.03. The molecule has 1 rings (SSSR count). The molecule has 0 aliphatic heterocycles. The van der Waals surface area contributed by atoms with Crippen molar-refractivity contribution in [1.82, 2.24) is 0 Å². The van der Waals surface area contributed by atoms with Crippen LogP contribution >= 0.6 is 0 Å². The molecule has 0 N–H and O–H groups in total. The summed E-state index contributed by atoms with van der Waals surface area (Å²) in [5, 5.41) is 0. The highest BCUT2D eigenvalue weighted by Gasteiger charge is 2.32. The Labute approximate surface area is 58.0 Å². The van der Waals surface area contributed by atoms with Crippen LogP contribution in [0.25, 0.3) is 0 Å². The van der Waals surface area contributed by atoms with Gasteiger partial charge in [-0.25, -0.2) is 0 Å². The Morgan fingerprint density at radius 3 is 2.22 bits per heavy atom. The summed E-state index contributed by atoms with van der Waals surface area (Å²) in [6, 6.07) is 0. The minimum atomic E-state index is 0.796. The maximum Gasteiger partial charge on any atom is -0.0200 e. The van der Waals surface area contributed by atoms with Crippen molar-refractivity contribution >= 4 is 0 Å². The van der Waals surface area contributed by atoms with Crippen molar-refractivity contribution in [3.8, 4) is 0 Å². The van der Waals surface area contributed by atoms with Gasteiger partial charge in [-0.1, -0.05) is 32.9 Å². The maximum atomic E-state index is 3.97. The van der Waals surface area contributed by atoms with Crippen LogP contribution in [0.5, 0.6) is 0 Å². The van der Waals surface area contributed by atoms with Crippen molar-refractivity contribution in [1.29, 1.82) is 0 Å². The van der Waals surface area contributed by atoms with Crippen LogP contribution in [-0.2, 0) is 0 Å². The fourth-order valence-corrected chi connectivity index (χ4v) is 1.62. The monoisotopic (exact) mass is 124 g/mol. The molecule has 0 heteroatoms. The molecule has 1 saturated carbocycles. The second-order valence-corrected chi connectivity index (χ2v) is 3.56. The Morgan fingerprint density at radius 1 is 1.56 bits per heavy atom. The van der Waals surface area contributed by atoms with Gasteiger partial charge in [0.15, 0.2) is 0 Å². The molecule has 1 aliphatic carbocycles. The highest BCUT2D eigenvalue weighted by Crippen LogP contribution is 2.42. The minimum Gasteiger partial charge on any atom is -0.0996 e. The molecule has 52 valence electrons. The fraction of sp³-hybridized carbons (Fsp3) is 0.778. The molecule has 1 fully saturated rings. The lowest BCUT2D eigenvalue weighted by Gasteiger charge is -2.39. The first-order valence-corrected chi connectivity index (χ1v) is 3.80. The van der Waals surface area contributed by atoms with Crippen molar-refractivity contribution in [3.05, 3.63) is 12.2 Å². The van der Waals surface area contributed by atoms with Crippen LogP contribution in [0.1, 0.15) is 27.2 Å². The Morgan fingerprint density at radius 2 is 2.11 bits per heavy atom. The van der Waals surface area contributed by atoms with E-state index in [0.717, 1.165) is 17.8 Å². The smallest absolute Gasteiger partial charge is 0.0200 e. The van der Waals surface area contributed by atoms with Crippen LogP contribution < -0.4 is 0 Å². The average molecular weight is 124 g/mol. The first-order valence-electron chi connectivity index (χ1n) is 3.80. The standard InChI is InChI=1S/C9H16/c1-6(2)9-5-7(3)8(9)4/h6,8-9H,3,5H2,1-2,4H3. The van der Waals surface area contributed by atoms with E-state index < -0.39 is 0 Å². The van der Waals surface area contributed by atoms with Crippen molar-refractivity contribution < 1.29 is 0 Å². The van der Waals surface area contributed by atoms with Gasteiger partial charge in [0.1, 0.15) is 0 Å². The average Bonchev–Trinajstić information content (AvgIpc) is 1.81. The van der Waals surface area contributed by atoms with Gasteiger partial charge in [0.25, 0.3) is 0 Å². The lowest BCUT2D eigenvalue weighted by Crippen LogP contribution is -2.29. The van der Waals surface area contributed by atoms with Gasteiger partial charge >= 0.3 is 0 Å². The van der Waals surface area contributed by atoms with E-state index in [1.165, 1.54) is 12.0 Å². The molecule has 0 aromatic rings. The van der Waals surface area contributed by atoms with Crippen LogP contribution in [-0.4, -0.2) is 0 Å². The molecule has 0 heterocycles. The SMILES string of the molecule is C=C1CC(C(C)C)C1C. The van der Waals surface area contributed by atoms with E-state index in [1.54, 1.807) is 0 Å². The van der Waals surface area contributed by atoms with Gasteiger partial charge < -0.3 is 0 Å². The topological polar surface area (TPSA) is 0 Å². The van der Waals surface area contributed by atoms with E-state index >= 15 is 0 Å². The zero-order valence-corrected chi connectivity index (χ0v) is 6.65. The van der Waals surface area contributed by atoms with Crippen molar-refractivity contribution in [2.24, 2.45) is 17.8 Å². The summed E-state index contributed by atoms with van der Waals surface area (Å²) in [7, 11) is 0. The predicted octanol–water partition coefficient (Wildman–Crippen LogP) is 2.85. The molecular weight excluding hydrogens is 108 g/mol. The second-order valence-electron chi connectivity index (χ2n) is 3.56. The van der Waals surface area contributed by atoms with E-state index in [1.807, 2.05) is 0 Å². The lowest BCUT2D eigenvalue weighted by molar-refractivity contribution is 0.220. The maximum absolute atomic E-state index is 3.97. The summed E-state index contributed by atoms with van der Waals surface area (Å²) in [6.07, 6.45) is 1.28. The van der Waals surface area contributed by atoms with Crippen LogP contribution in [0.2, 0.25) is 0 Å². The summed E-state index contributed by atoms with van der Waals surface area (Å²) in [6.45, 7) is 10.9. The van der Waals surface area contributed by atoms with Gasteiger partial charge in [-0.15, -0.1) is 0 Å².